The second-order valence-corrected chi connectivity index (χ2v) is 11.2. The van der Waals surface area contributed by atoms with Crippen LogP contribution in [0.5, 0.6) is 0 Å². The highest BCUT2D eigenvalue weighted by molar-refractivity contribution is 7.54. The van der Waals surface area contributed by atoms with Crippen LogP contribution in [0, 0.1) is 0 Å². The summed E-state index contributed by atoms with van der Waals surface area (Å²) in [4.78, 5) is 0. The number of ether oxygens (including phenoxy) is 1. The van der Waals surface area contributed by atoms with E-state index in [0.29, 0.717) is 32.5 Å². The summed E-state index contributed by atoms with van der Waals surface area (Å²) in [6.07, 6.45) is 8.90. The van der Waals surface area contributed by atoms with Gasteiger partial charge < -0.3 is 18.9 Å². The standard InChI is InChI=1S/C25H43O5P/c1-6-7-8-13-20-29-21-14-12-17-24(31(27,28-5)30-25(2,3)4)23(26)19-18-22-15-10-9-11-16-22/h7-11,15-16,23-24,26H,6,12-14,17-21H2,1-5H3/b8-7-. The Labute approximate surface area is 189 Å². The summed E-state index contributed by atoms with van der Waals surface area (Å²) >= 11 is 0. The molecule has 0 saturated carbocycles. The van der Waals surface area contributed by atoms with E-state index < -0.39 is 25.0 Å². The van der Waals surface area contributed by atoms with Gasteiger partial charge in [0, 0.05) is 13.7 Å². The Bertz CT molecular complexity index is 654. The number of allylic oxidation sites excluding steroid dienone is 1. The van der Waals surface area contributed by atoms with E-state index in [4.69, 9.17) is 13.8 Å². The third kappa shape index (κ3) is 12.0. The first-order valence-electron chi connectivity index (χ1n) is 11.5. The molecule has 0 aromatic heterocycles. The molecule has 0 bridgehead atoms. The molecule has 1 rings (SSSR count). The fourth-order valence-corrected chi connectivity index (χ4v) is 5.74. The summed E-state index contributed by atoms with van der Waals surface area (Å²) in [6, 6.07) is 10.0. The van der Waals surface area contributed by atoms with Crippen molar-refractivity contribution in [3.63, 3.8) is 0 Å². The highest BCUT2D eigenvalue weighted by atomic mass is 31.2. The maximum atomic E-state index is 13.6. The van der Waals surface area contributed by atoms with Crippen LogP contribution in [-0.4, -0.2) is 42.8 Å². The Morgan fingerprint density at radius 3 is 2.39 bits per heavy atom. The zero-order chi connectivity index (χ0) is 23.2. The molecule has 1 aromatic carbocycles. The Balaban J connectivity index is 2.66. The first-order valence-corrected chi connectivity index (χ1v) is 13.1. The normalized spacial score (nSPS) is 16.3. The van der Waals surface area contributed by atoms with Gasteiger partial charge in [-0.15, -0.1) is 0 Å². The van der Waals surface area contributed by atoms with Crippen LogP contribution < -0.4 is 0 Å². The molecule has 0 saturated heterocycles. The summed E-state index contributed by atoms with van der Waals surface area (Å²) in [7, 11) is -2.07. The second kappa shape index (κ2) is 15.0. The molecule has 1 aromatic rings. The van der Waals surface area contributed by atoms with E-state index >= 15 is 0 Å². The fraction of sp³-hybridized carbons (Fsp3) is 0.680. The minimum Gasteiger partial charge on any atom is -0.392 e. The van der Waals surface area contributed by atoms with E-state index in [-0.39, 0.29) is 0 Å². The third-order valence-electron chi connectivity index (χ3n) is 4.95. The van der Waals surface area contributed by atoms with Gasteiger partial charge in [-0.2, -0.15) is 0 Å². The van der Waals surface area contributed by atoms with Crippen molar-refractivity contribution in [3.05, 3.63) is 48.0 Å². The van der Waals surface area contributed by atoms with E-state index in [1.807, 2.05) is 51.1 Å². The molecular weight excluding hydrogens is 411 g/mol. The average Bonchev–Trinajstić information content (AvgIpc) is 2.73. The number of aliphatic hydroxyl groups excluding tert-OH is 1. The summed E-state index contributed by atoms with van der Waals surface area (Å²) in [6.45, 7) is 9.05. The van der Waals surface area contributed by atoms with Gasteiger partial charge in [0.15, 0.2) is 0 Å². The number of benzene rings is 1. The minimum absolute atomic E-state index is 0.510. The van der Waals surface area contributed by atoms with Gasteiger partial charge in [0.1, 0.15) is 0 Å². The highest BCUT2D eigenvalue weighted by Crippen LogP contribution is 2.58. The van der Waals surface area contributed by atoms with Crippen molar-refractivity contribution in [1.82, 2.24) is 0 Å². The fourth-order valence-electron chi connectivity index (χ4n) is 3.43. The summed E-state index contributed by atoms with van der Waals surface area (Å²) in [5, 5.41) is 11.0. The Hall–Kier alpha value is -0.970. The molecule has 0 spiro atoms. The first-order chi connectivity index (χ1) is 14.7. The lowest BCUT2D eigenvalue weighted by Crippen LogP contribution is -2.31. The zero-order valence-corrected chi connectivity index (χ0v) is 21.0. The van der Waals surface area contributed by atoms with E-state index in [9.17, 15) is 9.67 Å². The molecule has 0 aliphatic carbocycles. The van der Waals surface area contributed by atoms with Gasteiger partial charge in [0.2, 0.25) is 0 Å². The molecule has 3 atom stereocenters. The van der Waals surface area contributed by atoms with Crippen LogP contribution in [0.2, 0.25) is 0 Å². The molecular formula is C25H43O5P. The quantitative estimate of drug-likeness (QED) is 0.174. The highest BCUT2D eigenvalue weighted by Gasteiger charge is 2.42. The molecule has 0 aliphatic heterocycles. The predicted octanol–water partition coefficient (Wildman–Crippen LogP) is 6.55. The maximum Gasteiger partial charge on any atom is 0.336 e. The molecule has 6 heteroatoms. The SMILES string of the molecule is CC/C=C\CCOCCCCC(C(O)CCc1ccccc1)P(=O)(OC)OC(C)(C)C. The van der Waals surface area contributed by atoms with Crippen molar-refractivity contribution in [2.45, 2.75) is 90.0 Å². The summed E-state index contributed by atoms with van der Waals surface area (Å²) in [5.41, 5.74) is -0.0411. The van der Waals surface area contributed by atoms with Crippen molar-refractivity contribution in [2.75, 3.05) is 20.3 Å². The molecule has 1 N–H and O–H groups in total. The number of aliphatic hydroxyl groups is 1. The average molecular weight is 455 g/mol. The molecule has 3 unspecified atom stereocenters. The van der Waals surface area contributed by atoms with Crippen LogP contribution in [-0.2, 0) is 24.8 Å². The van der Waals surface area contributed by atoms with Crippen molar-refractivity contribution < 1.29 is 23.5 Å². The smallest absolute Gasteiger partial charge is 0.336 e. The van der Waals surface area contributed by atoms with Gasteiger partial charge in [0.25, 0.3) is 0 Å². The molecule has 178 valence electrons. The van der Waals surface area contributed by atoms with Gasteiger partial charge in [0.05, 0.1) is 24.0 Å². The van der Waals surface area contributed by atoms with Gasteiger partial charge in [-0.05, 0) is 64.9 Å². The number of hydrogen-bond acceptors (Lipinski definition) is 5. The van der Waals surface area contributed by atoms with E-state index in [1.54, 1.807) is 0 Å². The van der Waals surface area contributed by atoms with E-state index in [0.717, 1.165) is 31.2 Å². The Morgan fingerprint density at radius 1 is 1.06 bits per heavy atom. The molecule has 0 amide bonds. The summed E-state index contributed by atoms with van der Waals surface area (Å²) < 4.78 is 30.5. The second-order valence-electron chi connectivity index (χ2n) is 8.86. The molecule has 0 radical (unpaired) electrons. The number of aryl methyl sites for hydroxylation is 1. The first kappa shape index (κ1) is 28.1. The van der Waals surface area contributed by atoms with Crippen molar-refractivity contribution in [3.8, 4) is 0 Å². The zero-order valence-electron chi connectivity index (χ0n) is 20.1. The van der Waals surface area contributed by atoms with Crippen LogP contribution in [0.1, 0.15) is 71.8 Å². The molecule has 31 heavy (non-hydrogen) atoms. The molecule has 0 fully saturated rings. The van der Waals surface area contributed by atoms with Gasteiger partial charge in [-0.3, -0.25) is 4.57 Å². The van der Waals surface area contributed by atoms with Gasteiger partial charge >= 0.3 is 7.60 Å². The van der Waals surface area contributed by atoms with Crippen molar-refractivity contribution in [1.29, 1.82) is 0 Å². The third-order valence-corrected chi connectivity index (χ3v) is 7.67. The monoisotopic (exact) mass is 454 g/mol. The lowest BCUT2D eigenvalue weighted by Gasteiger charge is -2.34. The van der Waals surface area contributed by atoms with E-state index in [1.165, 1.54) is 7.11 Å². The largest absolute Gasteiger partial charge is 0.392 e. The number of hydrogen-bond donors (Lipinski definition) is 1. The van der Waals surface area contributed by atoms with Crippen LogP contribution in [0.25, 0.3) is 0 Å². The van der Waals surface area contributed by atoms with Crippen LogP contribution in [0.3, 0.4) is 0 Å². The van der Waals surface area contributed by atoms with Crippen molar-refractivity contribution in [2.24, 2.45) is 0 Å². The Kier molecular flexibility index (Phi) is 13.6. The summed E-state index contributed by atoms with van der Waals surface area (Å²) in [5.74, 6) is 0. The molecule has 0 heterocycles. The van der Waals surface area contributed by atoms with Gasteiger partial charge in [-0.25, -0.2) is 0 Å². The number of rotatable bonds is 16. The Morgan fingerprint density at radius 2 is 1.77 bits per heavy atom. The number of unbranched alkanes of at least 4 members (excludes halogenated alkanes) is 1. The maximum absolute atomic E-state index is 13.6. The van der Waals surface area contributed by atoms with Crippen molar-refractivity contribution >= 4 is 7.60 Å². The molecule has 0 aliphatic rings. The molecule has 5 nitrogen and oxygen atoms in total. The van der Waals surface area contributed by atoms with E-state index in [2.05, 4.69) is 19.1 Å². The van der Waals surface area contributed by atoms with Crippen LogP contribution >= 0.6 is 7.60 Å². The lowest BCUT2D eigenvalue weighted by molar-refractivity contribution is 0.0782. The lowest BCUT2D eigenvalue weighted by atomic mass is 10.0. The predicted molar refractivity (Wildman–Crippen MR) is 129 cm³/mol. The minimum atomic E-state index is -3.48. The topological polar surface area (TPSA) is 65.0 Å². The van der Waals surface area contributed by atoms with Gasteiger partial charge in [-0.1, -0.05) is 55.8 Å². The van der Waals surface area contributed by atoms with Crippen LogP contribution in [0.4, 0.5) is 0 Å². The van der Waals surface area contributed by atoms with Crippen LogP contribution in [0.15, 0.2) is 42.5 Å².